The molecule has 0 bridgehead atoms. The van der Waals surface area contributed by atoms with Crippen LogP contribution >= 0.6 is 0 Å². The van der Waals surface area contributed by atoms with Gasteiger partial charge in [-0.3, -0.25) is 19.9 Å². The van der Waals surface area contributed by atoms with Crippen LogP contribution in [0.1, 0.15) is 5.69 Å². The van der Waals surface area contributed by atoms with Crippen LogP contribution < -0.4 is 5.56 Å². The molecule has 0 saturated carbocycles. The van der Waals surface area contributed by atoms with Crippen molar-refractivity contribution in [2.24, 2.45) is 0 Å². The predicted molar refractivity (Wildman–Crippen MR) is 57.2 cm³/mol. The quantitative estimate of drug-likeness (QED) is 0.529. The highest BCUT2D eigenvalue weighted by atomic mass is 16.6. The highest BCUT2D eigenvalue weighted by Gasteiger charge is 2.06. The fraction of sp³-hybridized carbons (Fsp3) is 0.100. The van der Waals surface area contributed by atoms with Crippen LogP contribution in [0.3, 0.4) is 0 Å². The van der Waals surface area contributed by atoms with Crippen molar-refractivity contribution >= 4 is 16.6 Å². The van der Waals surface area contributed by atoms with E-state index in [2.05, 4.69) is 9.97 Å². The molecule has 1 aromatic heterocycles. The van der Waals surface area contributed by atoms with Gasteiger partial charge in [0.05, 0.1) is 10.4 Å². The van der Waals surface area contributed by atoms with E-state index in [1.54, 1.807) is 6.92 Å². The summed E-state index contributed by atoms with van der Waals surface area (Å²) < 4.78 is 0. The molecule has 1 heterocycles. The van der Waals surface area contributed by atoms with Crippen LogP contribution in [0, 0.1) is 17.0 Å². The normalized spacial score (nSPS) is 10.3. The zero-order chi connectivity index (χ0) is 11.7. The molecule has 2 rings (SSSR count). The molecule has 6 heteroatoms. The number of fused-ring (bicyclic) bond motifs is 1. The number of rotatable bonds is 1. The van der Waals surface area contributed by atoms with E-state index in [9.17, 15) is 14.9 Å². The van der Waals surface area contributed by atoms with Crippen LogP contribution in [0.15, 0.2) is 29.2 Å². The van der Waals surface area contributed by atoms with Crippen molar-refractivity contribution in [2.45, 2.75) is 6.92 Å². The summed E-state index contributed by atoms with van der Waals surface area (Å²) >= 11 is 0. The third-order valence-corrected chi connectivity index (χ3v) is 2.15. The second-order valence-corrected chi connectivity index (χ2v) is 3.26. The smallest absolute Gasteiger partial charge is 0.265 e. The lowest BCUT2D eigenvalue weighted by Gasteiger charge is -1.91. The van der Waals surface area contributed by atoms with Crippen LogP contribution in [0.5, 0.6) is 0 Å². The summed E-state index contributed by atoms with van der Waals surface area (Å²) in [6, 6.07) is 4.09. The maximum Gasteiger partial charge on any atom is 0.291 e. The molecular weight excluding hydrogens is 210 g/mol. The largest absolute Gasteiger partial charge is 0.291 e. The van der Waals surface area contributed by atoms with Crippen molar-refractivity contribution in [1.29, 1.82) is 0 Å². The Kier molecular flexibility index (Phi) is 2.32. The average Bonchev–Trinajstić information content (AvgIpc) is 2.39. The number of benzene rings is 1. The van der Waals surface area contributed by atoms with Gasteiger partial charge in [-0.1, -0.05) is 0 Å². The van der Waals surface area contributed by atoms with Gasteiger partial charge in [-0.05, 0) is 13.0 Å². The highest BCUT2D eigenvalue weighted by Crippen LogP contribution is 2.17. The molecular formula is C10H7N3O3. The number of aryl methyl sites for hydroxylation is 1. The zero-order valence-electron chi connectivity index (χ0n) is 8.38. The number of hydrogen-bond donors (Lipinski definition) is 0. The van der Waals surface area contributed by atoms with E-state index in [0.717, 1.165) is 0 Å². The molecule has 0 unspecified atom stereocenters. The van der Waals surface area contributed by atoms with Crippen LogP contribution in [0.2, 0.25) is 0 Å². The van der Waals surface area contributed by atoms with Gasteiger partial charge in [0.15, 0.2) is 0 Å². The second kappa shape index (κ2) is 3.65. The molecule has 0 radical (unpaired) electrons. The Balaban J connectivity index is 2.82. The first-order valence-electron chi connectivity index (χ1n) is 4.50. The van der Waals surface area contributed by atoms with Gasteiger partial charge in [-0.25, -0.2) is 4.98 Å². The lowest BCUT2D eigenvalue weighted by atomic mass is 10.2. The molecule has 0 aliphatic carbocycles. The van der Waals surface area contributed by atoms with Crippen molar-refractivity contribution in [1.82, 2.24) is 9.97 Å². The summed E-state index contributed by atoms with van der Waals surface area (Å²) in [6.07, 6.45) is 1.41. The molecule has 0 N–H and O–H groups in total. The summed E-state index contributed by atoms with van der Waals surface area (Å²) in [6.45, 7) is 1.54. The minimum absolute atomic E-state index is 0.0487. The van der Waals surface area contributed by atoms with E-state index < -0.39 is 10.5 Å². The third-order valence-electron chi connectivity index (χ3n) is 2.15. The van der Waals surface area contributed by atoms with Crippen molar-refractivity contribution in [3.8, 4) is 0 Å². The topological polar surface area (TPSA) is 86.0 Å². The van der Waals surface area contributed by atoms with Gasteiger partial charge < -0.3 is 0 Å². The predicted octanol–water partition coefficient (Wildman–Crippen LogP) is 1.21. The highest BCUT2D eigenvalue weighted by molar-refractivity contribution is 5.79. The first-order chi connectivity index (χ1) is 7.58. The number of nitro groups is 1. The van der Waals surface area contributed by atoms with E-state index in [0.29, 0.717) is 10.9 Å². The lowest BCUT2D eigenvalue weighted by molar-refractivity contribution is -0.384. The maximum atomic E-state index is 11.3. The third kappa shape index (κ3) is 1.72. The second-order valence-electron chi connectivity index (χ2n) is 3.26. The molecule has 0 spiro atoms. The first-order valence-corrected chi connectivity index (χ1v) is 4.50. The van der Waals surface area contributed by atoms with Gasteiger partial charge in [-0.15, -0.1) is 0 Å². The summed E-state index contributed by atoms with van der Waals surface area (Å²) in [4.78, 5) is 29.1. The molecule has 80 valence electrons. The lowest BCUT2D eigenvalue weighted by Crippen LogP contribution is -2.06. The molecule has 6 nitrogen and oxygen atoms in total. The molecule has 16 heavy (non-hydrogen) atoms. The number of hydrogen-bond acceptors (Lipinski definition) is 5. The van der Waals surface area contributed by atoms with Crippen molar-refractivity contribution in [3.63, 3.8) is 0 Å². The van der Waals surface area contributed by atoms with Crippen LogP contribution in [-0.2, 0) is 0 Å². The number of non-ortho nitro benzene ring substituents is 1. The monoisotopic (exact) mass is 217 g/mol. The van der Waals surface area contributed by atoms with Crippen LogP contribution in [-0.4, -0.2) is 14.9 Å². The molecule has 0 aliphatic rings. The SMILES string of the molecule is Cc1ncc2cc([N+](=O)[O-])ccc2nc1=O. The summed E-state index contributed by atoms with van der Waals surface area (Å²) in [5, 5.41) is 11.0. The van der Waals surface area contributed by atoms with Crippen molar-refractivity contribution < 1.29 is 4.92 Å². The molecule has 0 fully saturated rings. The number of aromatic nitrogens is 2. The summed E-state index contributed by atoms with van der Waals surface area (Å²) in [7, 11) is 0. The van der Waals surface area contributed by atoms with Gasteiger partial charge in [0.25, 0.3) is 11.2 Å². The van der Waals surface area contributed by atoms with E-state index >= 15 is 0 Å². The Labute approximate surface area is 89.7 Å². The van der Waals surface area contributed by atoms with E-state index in [1.165, 1.54) is 24.4 Å². The van der Waals surface area contributed by atoms with Gasteiger partial charge in [0.1, 0.15) is 5.69 Å². The standard InChI is InChI=1S/C10H7N3O3/c1-6-10(14)12-9-3-2-8(13(15)16)4-7(9)5-11-6/h2-5H,1H3. The molecule has 2 aromatic rings. The molecule has 0 amide bonds. The first kappa shape index (κ1) is 10.2. The van der Waals surface area contributed by atoms with Crippen LogP contribution in [0.25, 0.3) is 10.9 Å². The van der Waals surface area contributed by atoms with Gasteiger partial charge in [0.2, 0.25) is 0 Å². The zero-order valence-corrected chi connectivity index (χ0v) is 8.38. The van der Waals surface area contributed by atoms with Crippen molar-refractivity contribution in [3.05, 3.63) is 50.6 Å². The Hall–Kier alpha value is -2.37. The average molecular weight is 217 g/mol. The Morgan fingerprint density at radius 3 is 2.81 bits per heavy atom. The molecule has 0 aliphatic heterocycles. The summed E-state index contributed by atoms with van der Waals surface area (Å²) in [5.41, 5.74) is 0.186. The van der Waals surface area contributed by atoms with Gasteiger partial charge >= 0.3 is 0 Å². The molecule has 1 aromatic carbocycles. The Morgan fingerprint density at radius 1 is 1.38 bits per heavy atom. The molecule has 0 atom stereocenters. The maximum absolute atomic E-state index is 11.3. The Morgan fingerprint density at radius 2 is 2.12 bits per heavy atom. The molecule has 0 saturated heterocycles. The minimum atomic E-state index is -0.503. The fourth-order valence-electron chi connectivity index (χ4n) is 1.27. The van der Waals surface area contributed by atoms with Gasteiger partial charge in [-0.2, -0.15) is 0 Å². The summed E-state index contributed by atoms with van der Waals surface area (Å²) in [5.74, 6) is 0. The van der Waals surface area contributed by atoms with Crippen molar-refractivity contribution in [2.75, 3.05) is 0 Å². The van der Waals surface area contributed by atoms with E-state index in [1.807, 2.05) is 0 Å². The number of nitrogens with zero attached hydrogens (tertiary/aromatic N) is 3. The minimum Gasteiger partial charge on any atom is -0.265 e. The van der Waals surface area contributed by atoms with E-state index in [-0.39, 0.29) is 11.4 Å². The Bertz CT molecular complexity index is 640. The van der Waals surface area contributed by atoms with Crippen LogP contribution in [0.4, 0.5) is 5.69 Å². The fourth-order valence-corrected chi connectivity index (χ4v) is 1.27. The number of nitro benzene ring substituents is 1. The van der Waals surface area contributed by atoms with Gasteiger partial charge in [0, 0.05) is 23.7 Å². The van der Waals surface area contributed by atoms with E-state index in [4.69, 9.17) is 0 Å².